The van der Waals surface area contributed by atoms with E-state index in [2.05, 4.69) is 53.5 Å². The zero-order valence-electron chi connectivity index (χ0n) is 19.8. The van der Waals surface area contributed by atoms with E-state index >= 15 is 0 Å². The number of carboxylic acid groups (broad SMARTS) is 1. The average Bonchev–Trinajstić information content (AvgIpc) is 2.85. The summed E-state index contributed by atoms with van der Waals surface area (Å²) in [6.07, 6.45) is 5.60. The smallest absolute Gasteiger partial charge is 0.306 e. The molecule has 0 unspecified atom stereocenters. The fourth-order valence-corrected chi connectivity index (χ4v) is 5.21. The van der Waals surface area contributed by atoms with E-state index < -0.39 is 5.97 Å². The van der Waals surface area contributed by atoms with E-state index in [1.165, 1.54) is 5.56 Å². The van der Waals surface area contributed by atoms with Crippen molar-refractivity contribution < 1.29 is 15.1 Å². The summed E-state index contributed by atoms with van der Waals surface area (Å²) in [5, 5.41) is 23.2. The number of aliphatic carboxylic acids is 1. The van der Waals surface area contributed by atoms with Crippen molar-refractivity contribution in [1.29, 1.82) is 0 Å². The molecule has 0 saturated heterocycles. The molecule has 1 atom stereocenters. The Morgan fingerprint density at radius 3 is 2.35 bits per heavy atom. The van der Waals surface area contributed by atoms with Gasteiger partial charge in [-0.05, 0) is 85.4 Å². The van der Waals surface area contributed by atoms with Gasteiger partial charge in [0.15, 0.2) is 0 Å². The molecule has 0 bridgehead atoms. The lowest BCUT2D eigenvalue weighted by atomic mass is 9.77. The minimum Gasteiger partial charge on any atom is -0.481 e. The van der Waals surface area contributed by atoms with E-state index in [9.17, 15) is 15.1 Å². The second-order valence-corrected chi connectivity index (χ2v) is 9.42. The lowest BCUT2D eigenvalue weighted by Crippen LogP contribution is -2.21. The van der Waals surface area contributed by atoms with Gasteiger partial charge in [0, 0.05) is 18.3 Å². The van der Waals surface area contributed by atoms with Gasteiger partial charge in [-0.25, -0.2) is 0 Å². The summed E-state index contributed by atoms with van der Waals surface area (Å²) >= 11 is 0. The predicted molar refractivity (Wildman–Crippen MR) is 134 cm³/mol. The van der Waals surface area contributed by atoms with Crippen LogP contribution in [0.5, 0.6) is 0 Å². The molecule has 0 amide bonds. The normalized spacial score (nSPS) is 19.5. The summed E-state index contributed by atoms with van der Waals surface area (Å²) in [6.45, 7) is 4.05. The Balaban J connectivity index is 1.63. The minimum absolute atomic E-state index is 0.170. The van der Waals surface area contributed by atoms with Gasteiger partial charge in [-0.15, -0.1) is 0 Å². The third-order valence-corrected chi connectivity index (χ3v) is 7.13. The highest BCUT2D eigenvalue weighted by Crippen LogP contribution is 2.37. The van der Waals surface area contributed by atoms with Crippen LogP contribution in [-0.2, 0) is 11.2 Å². The molecule has 176 valence electrons. The topological polar surface area (TPSA) is 82.8 Å². The first-order valence-electron chi connectivity index (χ1n) is 12.0. The predicted octanol–water partition coefficient (Wildman–Crippen LogP) is 6.26. The summed E-state index contributed by atoms with van der Waals surface area (Å²) in [4.78, 5) is 15.6. The molecule has 0 radical (unpaired) electrons. The van der Waals surface area contributed by atoms with E-state index in [0.29, 0.717) is 18.1 Å². The van der Waals surface area contributed by atoms with Crippen LogP contribution in [0.15, 0.2) is 72.0 Å². The molecule has 5 heteroatoms. The average molecular weight is 457 g/mol. The second-order valence-electron chi connectivity index (χ2n) is 9.42. The molecule has 3 aromatic rings. The van der Waals surface area contributed by atoms with Crippen molar-refractivity contribution >= 4 is 11.7 Å². The van der Waals surface area contributed by atoms with Gasteiger partial charge >= 0.3 is 5.97 Å². The van der Waals surface area contributed by atoms with Crippen molar-refractivity contribution in [2.24, 2.45) is 11.1 Å². The van der Waals surface area contributed by atoms with Gasteiger partial charge in [0.25, 0.3) is 0 Å². The molecule has 1 aliphatic carbocycles. The number of benzene rings is 2. The maximum Gasteiger partial charge on any atom is 0.306 e. The third-order valence-electron chi connectivity index (χ3n) is 7.13. The van der Waals surface area contributed by atoms with E-state index in [4.69, 9.17) is 0 Å². The van der Waals surface area contributed by atoms with Gasteiger partial charge in [-0.3, -0.25) is 9.78 Å². The number of oxime groups is 1. The summed E-state index contributed by atoms with van der Waals surface area (Å²) < 4.78 is 0. The number of aromatic nitrogens is 1. The van der Waals surface area contributed by atoms with Gasteiger partial charge in [0.05, 0.1) is 17.5 Å². The van der Waals surface area contributed by atoms with Crippen LogP contribution in [0.25, 0.3) is 0 Å². The lowest BCUT2D eigenvalue weighted by Gasteiger charge is -2.27. The molecule has 4 rings (SSSR count). The fourth-order valence-electron chi connectivity index (χ4n) is 5.21. The zero-order chi connectivity index (χ0) is 24.1. The monoisotopic (exact) mass is 456 g/mol. The summed E-state index contributed by atoms with van der Waals surface area (Å²) in [7, 11) is 0. The maximum atomic E-state index is 11.3. The lowest BCUT2D eigenvalue weighted by molar-refractivity contribution is -0.142. The Labute approximate surface area is 201 Å². The number of rotatable bonds is 7. The molecule has 2 N–H and O–H groups in total. The number of pyridine rings is 1. The zero-order valence-corrected chi connectivity index (χ0v) is 19.8. The molecule has 2 aromatic carbocycles. The van der Waals surface area contributed by atoms with Gasteiger partial charge in [0.1, 0.15) is 0 Å². The Kier molecular flexibility index (Phi) is 7.41. The molecule has 34 heavy (non-hydrogen) atoms. The van der Waals surface area contributed by atoms with E-state index in [1.807, 2.05) is 31.2 Å². The number of hydrogen-bond donors (Lipinski definition) is 2. The van der Waals surface area contributed by atoms with Gasteiger partial charge in [0.2, 0.25) is 0 Å². The summed E-state index contributed by atoms with van der Waals surface area (Å²) in [5.74, 6) is -0.653. The number of nitrogens with zero attached hydrogens (tertiary/aromatic N) is 2. The van der Waals surface area contributed by atoms with Gasteiger partial charge in [-0.1, -0.05) is 53.7 Å². The van der Waals surface area contributed by atoms with Crippen molar-refractivity contribution in [3.8, 4) is 0 Å². The first-order chi connectivity index (χ1) is 16.5. The molecule has 1 aliphatic rings. The molecule has 1 heterocycles. The Bertz CT molecular complexity index is 1160. The quantitative estimate of drug-likeness (QED) is 0.250. The molecule has 1 aromatic heterocycles. The van der Waals surface area contributed by atoms with Crippen molar-refractivity contribution in [3.05, 3.63) is 100 Å². The van der Waals surface area contributed by atoms with Crippen LogP contribution >= 0.6 is 0 Å². The molecule has 1 saturated carbocycles. The maximum absolute atomic E-state index is 11.3. The molecular formula is C29H32N2O3. The molecule has 0 spiro atoms. The number of carbonyl (C=O) groups is 1. The largest absolute Gasteiger partial charge is 0.481 e. The van der Waals surface area contributed by atoms with Crippen LogP contribution < -0.4 is 0 Å². The molecule has 0 aliphatic heterocycles. The van der Waals surface area contributed by atoms with Crippen LogP contribution in [0.4, 0.5) is 0 Å². The number of carboxylic acids is 1. The van der Waals surface area contributed by atoms with E-state index in [-0.39, 0.29) is 11.8 Å². The standard InChI is InChI=1S/C29H32N2O3/c1-19-5-3-4-6-26(19)28(27(31-34)18-21-15-16-30-20(2)17-21)24-11-7-22(8-12-24)23-9-13-25(14-10-23)29(32)33/h3-8,11-12,15-17,23,25,28,34H,9-10,13-14,18H2,1-2H3,(H,32,33)/b31-27+/t23-,25-,28-/m1/s1. The van der Waals surface area contributed by atoms with Crippen LogP contribution in [-0.4, -0.2) is 27.0 Å². The minimum atomic E-state index is -0.671. The Hall–Kier alpha value is -3.47. The molecule has 5 nitrogen and oxygen atoms in total. The first kappa shape index (κ1) is 23.7. The third kappa shape index (κ3) is 5.36. The molecular weight excluding hydrogens is 424 g/mol. The van der Waals surface area contributed by atoms with Crippen LogP contribution in [0.3, 0.4) is 0 Å². The second kappa shape index (κ2) is 10.6. The highest BCUT2D eigenvalue weighted by Gasteiger charge is 2.28. The summed E-state index contributed by atoms with van der Waals surface area (Å²) in [5.41, 5.74) is 7.29. The van der Waals surface area contributed by atoms with Crippen LogP contribution in [0, 0.1) is 19.8 Å². The van der Waals surface area contributed by atoms with Crippen LogP contribution in [0.1, 0.15) is 71.0 Å². The van der Waals surface area contributed by atoms with Crippen molar-refractivity contribution in [2.45, 2.75) is 57.8 Å². The first-order valence-corrected chi connectivity index (χ1v) is 12.0. The fraction of sp³-hybridized carbons (Fsp3) is 0.345. The highest BCUT2D eigenvalue weighted by atomic mass is 16.4. The molecule has 1 fully saturated rings. The van der Waals surface area contributed by atoms with Crippen molar-refractivity contribution in [1.82, 2.24) is 4.98 Å². The van der Waals surface area contributed by atoms with E-state index in [0.717, 1.165) is 53.6 Å². The number of aryl methyl sites for hydroxylation is 2. The van der Waals surface area contributed by atoms with Gasteiger partial charge in [-0.2, -0.15) is 0 Å². The highest BCUT2D eigenvalue weighted by molar-refractivity contribution is 5.95. The van der Waals surface area contributed by atoms with Gasteiger partial charge < -0.3 is 10.3 Å². The Morgan fingerprint density at radius 1 is 1.03 bits per heavy atom. The summed E-state index contributed by atoms with van der Waals surface area (Å²) in [6, 6.07) is 20.8. The van der Waals surface area contributed by atoms with Crippen LogP contribution in [0.2, 0.25) is 0 Å². The van der Waals surface area contributed by atoms with Crippen molar-refractivity contribution in [2.75, 3.05) is 0 Å². The number of hydrogen-bond acceptors (Lipinski definition) is 4. The SMILES string of the molecule is Cc1cc(C/C(=N\O)[C@H](c2ccc([C@H]3CC[C@H](C(=O)O)CC3)cc2)c2ccccc2C)ccn1. The Morgan fingerprint density at radius 2 is 1.74 bits per heavy atom. The van der Waals surface area contributed by atoms with E-state index in [1.54, 1.807) is 6.20 Å². The van der Waals surface area contributed by atoms with Crippen molar-refractivity contribution in [3.63, 3.8) is 0 Å².